The molecule has 0 aliphatic rings. The zero-order valence-electron chi connectivity index (χ0n) is 11.0. The third-order valence-electron chi connectivity index (χ3n) is 2.74. The molecule has 0 aromatic carbocycles. The van der Waals surface area contributed by atoms with Crippen molar-refractivity contribution in [1.82, 2.24) is 4.37 Å². The number of rotatable bonds is 6. The molecule has 0 spiro atoms. The second-order valence-corrected chi connectivity index (χ2v) is 6.99. The topological polar surface area (TPSA) is 85.5 Å². The molecule has 0 aliphatic heterocycles. The molecule has 0 bridgehead atoms. The molecular formula is C10H19N3O3S2. The van der Waals surface area contributed by atoms with Gasteiger partial charge in [-0.15, -0.1) is 0 Å². The maximum Gasteiger partial charge on any atom is 0.184 e. The molecule has 0 radical (unpaired) electrons. The summed E-state index contributed by atoms with van der Waals surface area (Å²) in [4.78, 5) is 1.97. The average molecular weight is 293 g/mol. The monoisotopic (exact) mass is 293 g/mol. The van der Waals surface area contributed by atoms with E-state index in [0.29, 0.717) is 11.6 Å². The van der Waals surface area contributed by atoms with E-state index in [9.17, 15) is 8.42 Å². The van der Waals surface area contributed by atoms with Crippen molar-refractivity contribution in [1.29, 1.82) is 0 Å². The Kier molecular flexibility index (Phi) is 4.94. The summed E-state index contributed by atoms with van der Waals surface area (Å²) in [6, 6.07) is 0.0423. The van der Waals surface area contributed by atoms with Crippen LogP contribution >= 0.6 is 11.5 Å². The molecule has 6 nitrogen and oxygen atoms in total. The highest BCUT2D eigenvalue weighted by Crippen LogP contribution is 2.35. The van der Waals surface area contributed by atoms with Crippen LogP contribution < -0.4 is 10.6 Å². The molecule has 1 aromatic rings. The van der Waals surface area contributed by atoms with Crippen molar-refractivity contribution in [2.45, 2.75) is 24.8 Å². The number of nitrogen functional groups attached to an aromatic ring is 1. The number of likely N-dealkylation sites (N-methyl/N-ethyl adjacent to an activating group) is 1. The summed E-state index contributed by atoms with van der Waals surface area (Å²) in [5.74, 6) is 0.0862. The van der Waals surface area contributed by atoms with E-state index in [2.05, 4.69) is 4.37 Å². The summed E-state index contributed by atoms with van der Waals surface area (Å²) in [5, 5.41) is 0.568. The van der Waals surface area contributed by atoms with Crippen molar-refractivity contribution >= 4 is 32.2 Å². The smallest absolute Gasteiger partial charge is 0.184 e. The fourth-order valence-corrected chi connectivity index (χ4v) is 3.89. The quantitative estimate of drug-likeness (QED) is 0.842. The van der Waals surface area contributed by atoms with E-state index < -0.39 is 9.84 Å². The summed E-state index contributed by atoms with van der Waals surface area (Å²) in [5.41, 5.74) is 5.68. The second kappa shape index (κ2) is 5.85. The number of aromatic nitrogens is 1. The normalized spacial score (nSPS) is 13.6. The number of hydrogen-bond donors (Lipinski definition) is 1. The van der Waals surface area contributed by atoms with Gasteiger partial charge in [0.2, 0.25) is 0 Å². The van der Waals surface area contributed by atoms with Crippen LogP contribution in [0.3, 0.4) is 0 Å². The van der Waals surface area contributed by atoms with Gasteiger partial charge in [0.25, 0.3) is 0 Å². The molecule has 104 valence electrons. The first-order valence-electron chi connectivity index (χ1n) is 5.54. The van der Waals surface area contributed by atoms with E-state index in [1.54, 1.807) is 14.0 Å². The lowest BCUT2D eigenvalue weighted by Crippen LogP contribution is -2.33. The molecule has 1 aromatic heterocycles. The first kappa shape index (κ1) is 15.2. The highest BCUT2D eigenvalue weighted by molar-refractivity contribution is 7.91. The molecule has 1 atom stereocenters. The van der Waals surface area contributed by atoms with Crippen LogP contribution in [0, 0.1) is 0 Å². The maximum absolute atomic E-state index is 12.0. The molecule has 1 heterocycles. The van der Waals surface area contributed by atoms with E-state index in [1.807, 2.05) is 18.9 Å². The zero-order chi connectivity index (χ0) is 13.9. The van der Waals surface area contributed by atoms with Crippen molar-refractivity contribution in [3.8, 4) is 0 Å². The third kappa shape index (κ3) is 2.93. The van der Waals surface area contributed by atoms with Crippen LogP contribution in [0.15, 0.2) is 4.90 Å². The Balaban J connectivity index is 3.19. The predicted octanol–water partition coefficient (Wildman–Crippen LogP) is 0.990. The maximum atomic E-state index is 12.0. The minimum atomic E-state index is -3.37. The Hall–Kier alpha value is -0.860. The molecular weight excluding hydrogens is 274 g/mol. The first-order chi connectivity index (χ1) is 8.35. The molecule has 0 amide bonds. The fraction of sp³-hybridized carbons (Fsp3) is 0.700. The van der Waals surface area contributed by atoms with Crippen molar-refractivity contribution in [3.63, 3.8) is 0 Å². The van der Waals surface area contributed by atoms with Crippen LogP contribution in [-0.2, 0) is 14.6 Å². The van der Waals surface area contributed by atoms with E-state index in [4.69, 9.17) is 10.5 Å². The predicted molar refractivity (Wildman–Crippen MR) is 74.0 cm³/mol. The Morgan fingerprint density at radius 1 is 1.56 bits per heavy atom. The van der Waals surface area contributed by atoms with Gasteiger partial charge in [-0.3, -0.25) is 0 Å². The standard InChI is InChI=1S/C10H19N3O3S2/c1-5-18(14,15)8-9(11)12-17-10(8)13(3)7(2)6-16-4/h7H,5-6H2,1-4H3,(H2,11,12). The third-order valence-corrected chi connectivity index (χ3v) is 5.60. The van der Waals surface area contributed by atoms with Gasteiger partial charge in [-0.2, -0.15) is 4.37 Å². The van der Waals surface area contributed by atoms with Gasteiger partial charge < -0.3 is 15.4 Å². The lowest BCUT2D eigenvalue weighted by Gasteiger charge is -2.25. The lowest BCUT2D eigenvalue weighted by atomic mass is 10.3. The SMILES string of the molecule is CCS(=O)(=O)c1c(N)nsc1N(C)C(C)COC. The number of nitrogens with zero attached hydrogens (tertiary/aromatic N) is 2. The van der Waals surface area contributed by atoms with Gasteiger partial charge in [0, 0.05) is 14.2 Å². The minimum Gasteiger partial charge on any atom is -0.383 e. The van der Waals surface area contributed by atoms with Crippen LogP contribution in [0.1, 0.15) is 13.8 Å². The van der Waals surface area contributed by atoms with Gasteiger partial charge in [-0.05, 0) is 18.5 Å². The largest absolute Gasteiger partial charge is 0.383 e. The van der Waals surface area contributed by atoms with E-state index in [-0.39, 0.29) is 22.5 Å². The van der Waals surface area contributed by atoms with Crippen molar-refractivity contribution in [3.05, 3.63) is 0 Å². The van der Waals surface area contributed by atoms with E-state index in [1.165, 1.54) is 0 Å². The Bertz CT molecular complexity index is 498. The summed E-state index contributed by atoms with van der Waals surface area (Å²) >= 11 is 1.10. The molecule has 0 saturated carbocycles. The number of sulfone groups is 1. The van der Waals surface area contributed by atoms with Crippen molar-refractivity contribution in [2.75, 3.05) is 37.2 Å². The Labute approximate surface area is 112 Å². The van der Waals surface area contributed by atoms with Crippen molar-refractivity contribution < 1.29 is 13.2 Å². The van der Waals surface area contributed by atoms with Gasteiger partial charge in [-0.25, -0.2) is 8.42 Å². The van der Waals surface area contributed by atoms with Crippen LogP contribution in [0.2, 0.25) is 0 Å². The molecule has 1 unspecified atom stereocenters. The summed E-state index contributed by atoms with van der Waals surface area (Å²) in [6.45, 7) is 4.04. The highest BCUT2D eigenvalue weighted by atomic mass is 32.2. The molecule has 8 heteroatoms. The Morgan fingerprint density at radius 3 is 2.67 bits per heavy atom. The molecule has 2 N–H and O–H groups in total. The van der Waals surface area contributed by atoms with Gasteiger partial charge >= 0.3 is 0 Å². The first-order valence-corrected chi connectivity index (χ1v) is 7.97. The van der Waals surface area contributed by atoms with Gasteiger partial charge in [0.1, 0.15) is 9.90 Å². The molecule has 1 rings (SSSR count). The number of anilines is 2. The zero-order valence-corrected chi connectivity index (χ0v) is 12.6. The van der Waals surface area contributed by atoms with Gasteiger partial charge in [0.15, 0.2) is 15.7 Å². The van der Waals surface area contributed by atoms with Crippen LogP contribution in [-0.4, -0.2) is 45.4 Å². The minimum absolute atomic E-state index is 0.00904. The van der Waals surface area contributed by atoms with Crippen LogP contribution in [0.4, 0.5) is 10.8 Å². The Morgan fingerprint density at radius 2 is 2.17 bits per heavy atom. The molecule has 0 saturated heterocycles. The molecule has 0 aliphatic carbocycles. The highest BCUT2D eigenvalue weighted by Gasteiger charge is 2.27. The number of hydrogen-bond acceptors (Lipinski definition) is 7. The lowest BCUT2D eigenvalue weighted by molar-refractivity contribution is 0.183. The number of methoxy groups -OCH3 is 1. The summed E-state index contributed by atoms with van der Waals surface area (Å²) in [7, 11) is 0.0478. The fourth-order valence-electron chi connectivity index (χ4n) is 1.50. The van der Waals surface area contributed by atoms with Crippen LogP contribution in [0.25, 0.3) is 0 Å². The van der Waals surface area contributed by atoms with Gasteiger partial charge in [-0.1, -0.05) is 6.92 Å². The molecule has 0 fully saturated rings. The molecule has 18 heavy (non-hydrogen) atoms. The second-order valence-electron chi connectivity index (χ2n) is 4.02. The van der Waals surface area contributed by atoms with E-state index >= 15 is 0 Å². The number of ether oxygens (including phenoxy) is 1. The summed E-state index contributed by atoms with van der Waals surface area (Å²) in [6.07, 6.45) is 0. The van der Waals surface area contributed by atoms with E-state index in [0.717, 1.165) is 11.5 Å². The van der Waals surface area contributed by atoms with Gasteiger partial charge in [0.05, 0.1) is 18.4 Å². The average Bonchev–Trinajstić information content (AvgIpc) is 2.71. The van der Waals surface area contributed by atoms with Crippen LogP contribution in [0.5, 0.6) is 0 Å². The summed E-state index contributed by atoms with van der Waals surface area (Å²) < 4.78 is 33.1. The number of nitrogens with two attached hydrogens (primary N) is 1. The van der Waals surface area contributed by atoms with Crippen molar-refractivity contribution in [2.24, 2.45) is 0 Å².